The Balaban J connectivity index is -0.000000344. The number of rotatable bonds is 9. The van der Waals surface area contributed by atoms with E-state index in [9.17, 15) is 14.4 Å². The molecule has 0 bridgehead atoms. The first kappa shape index (κ1) is 32.2. The number of nitrogens with two attached hydrogens (primary N) is 1. The summed E-state index contributed by atoms with van der Waals surface area (Å²) in [6.45, 7) is 17.9. The van der Waals surface area contributed by atoms with E-state index in [1.807, 2.05) is 43.3 Å². The molecule has 0 aliphatic carbocycles. The Labute approximate surface area is 186 Å². The molecule has 2 amide bonds. The van der Waals surface area contributed by atoms with Crippen molar-refractivity contribution < 1.29 is 23.9 Å². The fourth-order valence-corrected chi connectivity index (χ4v) is 1.25. The molecule has 1 rings (SSSR count). The molecule has 1 aromatic rings. The van der Waals surface area contributed by atoms with Crippen molar-refractivity contribution in [2.75, 3.05) is 20.4 Å². The highest BCUT2D eigenvalue weighted by Crippen LogP contribution is 1.97. The summed E-state index contributed by atoms with van der Waals surface area (Å²) in [6.07, 6.45) is 6.04. The van der Waals surface area contributed by atoms with Gasteiger partial charge >= 0.3 is 5.97 Å². The Morgan fingerprint density at radius 1 is 1.10 bits per heavy atom. The number of hydrogen-bond acceptors (Lipinski definition) is 5. The van der Waals surface area contributed by atoms with Gasteiger partial charge in [-0.05, 0) is 25.0 Å². The van der Waals surface area contributed by atoms with Crippen LogP contribution in [0.5, 0.6) is 0 Å². The van der Waals surface area contributed by atoms with Gasteiger partial charge in [0.15, 0.2) is 0 Å². The molecule has 0 saturated heterocycles. The van der Waals surface area contributed by atoms with Crippen molar-refractivity contribution in [3.63, 3.8) is 0 Å². The fraction of sp³-hybridized carbons (Fsp3) is 0.292. The molecule has 1 aromatic carbocycles. The van der Waals surface area contributed by atoms with E-state index < -0.39 is 5.91 Å². The average molecular weight is 433 g/mol. The molecule has 0 aliphatic heterocycles. The highest BCUT2D eigenvalue weighted by atomic mass is 16.5. The van der Waals surface area contributed by atoms with Crippen molar-refractivity contribution in [2.45, 2.75) is 26.7 Å². The van der Waals surface area contributed by atoms with Crippen LogP contribution < -0.4 is 11.1 Å². The van der Waals surface area contributed by atoms with Gasteiger partial charge in [0.25, 0.3) is 0 Å². The van der Waals surface area contributed by atoms with Crippen LogP contribution in [0.4, 0.5) is 0 Å². The number of methoxy groups -OCH3 is 1. The van der Waals surface area contributed by atoms with Crippen LogP contribution in [0.1, 0.15) is 32.3 Å². The van der Waals surface area contributed by atoms with Gasteiger partial charge in [-0.3, -0.25) is 9.59 Å². The maximum atomic E-state index is 10.6. The quantitative estimate of drug-likeness (QED) is 0.267. The van der Waals surface area contributed by atoms with Crippen LogP contribution in [-0.2, 0) is 23.9 Å². The van der Waals surface area contributed by atoms with E-state index in [0.717, 1.165) is 18.9 Å². The van der Waals surface area contributed by atoms with Crippen LogP contribution in [-0.4, -0.2) is 38.2 Å². The lowest BCUT2D eigenvalue weighted by atomic mass is 10.2. The summed E-state index contributed by atoms with van der Waals surface area (Å²) in [5.74, 6) is -0.981. The monoisotopic (exact) mass is 432 g/mol. The summed E-state index contributed by atoms with van der Waals surface area (Å²) < 4.78 is 9.26. The van der Waals surface area contributed by atoms with E-state index in [-0.39, 0.29) is 18.6 Å². The molecule has 7 nitrogen and oxygen atoms in total. The van der Waals surface area contributed by atoms with E-state index in [1.165, 1.54) is 18.7 Å². The molecule has 0 unspecified atom stereocenters. The second-order valence-corrected chi connectivity index (χ2v) is 5.67. The summed E-state index contributed by atoms with van der Waals surface area (Å²) in [4.78, 5) is 30.4. The molecule has 0 saturated carbocycles. The molecule has 0 aliphatic rings. The van der Waals surface area contributed by atoms with Crippen LogP contribution in [0.3, 0.4) is 0 Å². The topological polar surface area (TPSA) is 108 Å². The standard InChI is InChI=1S/C8H8.C7H12O2.C6H11NO2.C3H5NO/c1-2-8-6-4-3-5-7-8;1-3-5-6-9-7(8)4-2;1-5(2)6(8)7-4-9-3;1-2-3(4)5/h2-7H,1H2;4H,2-3,5-6H2,1H3;1,4H2,2-3H3,(H,7,8);2H,1H2,(H2,4,5). The van der Waals surface area contributed by atoms with Gasteiger partial charge in [0.2, 0.25) is 11.8 Å². The van der Waals surface area contributed by atoms with Crippen molar-refractivity contribution in [1.29, 1.82) is 0 Å². The lowest BCUT2D eigenvalue weighted by molar-refractivity contribution is -0.137. The molecule has 0 atom stereocenters. The van der Waals surface area contributed by atoms with Crippen LogP contribution in [0.25, 0.3) is 6.08 Å². The van der Waals surface area contributed by atoms with Gasteiger partial charge in [-0.2, -0.15) is 0 Å². The summed E-state index contributed by atoms with van der Waals surface area (Å²) >= 11 is 0. The zero-order chi connectivity index (χ0) is 24.5. The van der Waals surface area contributed by atoms with Crippen molar-refractivity contribution in [3.8, 4) is 0 Å². The van der Waals surface area contributed by atoms with Gasteiger partial charge in [-0.1, -0.05) is 76.1 Å². The first-order valence-corrected chi connectivity index (χ1v) is 9.51. The predicted molar refractivity (Wildman–Crippen MR) is 127 cm³/mol. The van der Waals surface area contributed by atoms with Crippen LogP contribution in [0.2, 0.25) is 0 Å². The maximum absolute atomic E-state index is 10.6. The number of amides is 2. The summed E-state index contributed by atoms with van der Waals surface area (Å²) in [7, 11) is 1.51. The number of hydrogen-bond donors (Lipinski definition) is 2. The van der Waals surface area contributed by atoms with Gasteiger partial charge < -0.3 is 20.5 Å². The number of carbonyl (C=O) groups is 3. The number of nitrogens with one attached hydrogen (secondary N) is 1. The smallest absolute Gasteiger partial charge is 0.330 e. The number of ether oxygens (including phenoxy) is 2. The molecule has 7 heteroatoms. The van der Waals surface area contributed by atoms with Crippen LogP contribution in [0.15, 0.2) is 74.4 Å². The zero-order valence-electron chi connectivity index (χ0n) is 18.9. The van der Waals surface area contributed by atoms with Gasteiger partial charge in [-0.25, -0.2) is 4.79 Å². The van der Waals surface area contributed by atoms with Crippen LogP contribution in [0, 0.1) is 0 Å². The van der Waals surface area contributed by atoms with Crippen molar-refractivity contribution >= 4 is 23.9 Å². The Morgan fingerprint density at radius 3 is 1.97 bits per heavy atom. The van der Waals surface area contributed by atoms with E-state index in [0.29, 0.717) is 12.2 Å². The lowest BCUT2D eigenvalue weighted by Crippen LogP contribution is -2.25. The number of esters is 1. The number of unbranched alkanes of at least 4 members (excludes halogenated alkanes) is 1. The molecule has 172 valence electrons. The molecular formula is C24H36N2O5. The van der Waals surface area contributed by atoms with Crippen molar-refractivity contribution in [1.82, 2.24) is 5.32 Å². The third kappa shape index (κ3) is 28.9. The normalized spacial score (nSPS) is 8.23. The van der Waals surface area contributed by atoms with E-state index in [4.69, 9.17) is 0 Å². The van der Waals surface area contributed by atoms with E-state index in [1.54, 1.807) is 6.92 Å². The maximum Gasteiger partial charge on any atom is 0.330 e. The molecule has 0 aromatic heterocycles. The average Bonchev–Trinajstić information content (AvgIpc) is 2.79. The lowest BCUT2D eigenvalue weighted by Gasteiger charge is -2.00. The van der Waals surface area contributed by atoms with Crippen LogP contribution >= 0.6 is 0 Å². The highest BCUT2D eigenvalue weighted by molar-refractivity contribution is 5.91. The van der Waals surface area contributed by atoms with Gasteiger partial charge in [0.05, 0.1) is 6.61 Å². The number of benzene rings is 1. The largest absolute Gasteiger partial charge is 0.463 e. The van der Waals surface area contributed by atoms with E-state index >= 15 is 0 Å². The third-order valence-corrected chi connectivity index (χ3v) is 2.91. The van der Waals surface area contributed by atoms with Gasteiger partial charge in [0, 0.05) is 18.8 Å². The first-order chi connectivity index (χ1) is 14.7. The summed E-state index contributed by atoms with van der Waals surface area (Å²) in [6, 6.07) is 10.0. The van der Waals surface area contributed by atoms with Gasteiger partial charge in [0.1, 0.15) is 6.73 Å². The highest BCUT2D eigenvalue weighted by Gasteiger charge is 1.97. The molecule has 0 spiro atoms. The predicted octanol–water partition coefficient (Wildman–Crippen LogP) is 3.79. The summed E-state index contributed by atoms with van der Waals surface area (Å²) in [5.41, 5.74) is 6.20. The molecule has 0 heterocycles. The minimum absolute atomic E-state index is 0.170. The fourth-order valence-electron chi connectivity index (χ4n) is 1.25. The van der Waals surface area contributed by atoms with Crippen molar-refractivity contribution in [2.24, 2.45) is 5.73 Å². The second kappa shape index (κ2) is 24.6. The molecule has 31 heavy (non-hydrogen) atoms. The first-order valence-electron chi connectivity index (χ1n) is 9.51. The van der Waals surface area contributed by atoms with E-state index in [2.05, 4.69) is 46.8 Å². The van der Waals surface area contributed by atoms with Gasteiger partial charge in [-0.15, -0.1) is 0 Å². The van der Waals surface area contributed by atoms with Crippen molar-refractivity contribution in [3.05, 3.63) is 79.9 Å². The third-order valence-electron chi connectivity index (χ3n) is 2.91. The minimum atomic E-state index is -0.481. The minimum Gasteiger partial charge on any atom is -0.463 e. The zero-order valence-corrected chi connectivity index (χ0v) is 18.9. The molecule has 0 radical (unpaired) electrons. The molecule has 3 N–H and O–H groups in total. The Kier molecular flexibility index (Phi) is 25.6. The SMILES string of the molecule is C=C(C)C(=O)NCOC.C=CC(=O)OCCCC.C=CC(N)=O.C=Cc1ccccc1. The molecule has 0 fully saturated rings. The Hall–Kier alpha value is -3.45. The Bertz CT molecular complexity index is 668. The second-order valence-electron chi connectivity index (χ2n) is 5.67. The number of primary amides is 1. The summed E-state index contributed by atoms with van der Waals surface area (Å²) in [5, 5.41) is 2.47. The number of carbonyl (C=O) groups excluding carboxylic acids is 3. The molecular weight excluding hydrogens is 396 g/mol. The Morgan fingerprint density at radius 2 is 1.65 bits per heavy atom.